The summed E-state index contributed by atoms with van der Waals surface area (Å²) in [7, 11) is -8.34. The number of carbonyl (C=O) groups is 6. The largest absolute Gasteiger partial charge is 0.494 e. The number of hydrogen-bond donors (Lipinski definition) is 6. The Labute approximate surface area is 689 Å². The number of aliphatic hydroxyl groups is 3. The molecule has 3 aromatic rings. The summed E-state index contributed by atoms with van der Waals surface area (Å²) in [6.45, 7) is 36.7. The van der Waals surface area contributed by atoms with Crippen molar-refractivity contribution in [3.63, 3.8) is 0 Å². The Morgan fingerprint density at radius 3 is 1.09 bits per heavy atom. The SMILES string of the molecule is C=C[C@]1(C)C[C@@H](OC(=O)CSc2ccc3c(c2F)B(O)OC3)[C@]2(C)[C@H](C)CC[C@]3(CCC(=O)[C@H]32)[C@@H](C)[C@@H]1O.C=C[C@]1(C)C[C@@H](OC(=O)C[S@@](=O)c2ccc3c(c2F)B(O)OC3)[C@]2(C)[C@H](C)CC[C@]3(CCC(=O)[C@H]32)[C@@H](C)[C@@H]1O.C=C[C@]1(C)C[C@@H](OC(=O)C[S@](=O)c2ccc3c(c2F)B(O)OC3)[C@]2(C)[C@H](C)CC[C@]3(CCC(=O)[C@H]32)[C@@H](C)[C@@H]1O. The molecule has 3 aliphatic heterocycles. The van der Waals surface area contributed by atoms with Crippen LogP contribution in [0.5, 0.6) is 0 Å². The van der Waals surface area contributed by atoms with E-state index in [2.05, 4.69) is 54.4 Å². The molecule has 26 atom stereocenters. The molecule has 0 amide bonds. The zero-order valence-corrected chi connectivity index (χ0v) is 71.3. The molecule has 9 aliphatic carbocycles. The van der Waals surface area contributed by atoms with Gasteiger partial charge in [-0.15, -0.1) is 31.5 Å². The number of fused-ring (bicyclic) bond motifs is 3. The van der Waals surface area contributed by atoms with Crippen molar-refractivity contribution in [1.29, 1.82) is 0 Å². The Morgan fingerprint density at radius 2 is 0.776 bits per heavy atom. The number of aliphatic hydroxyl groups excluding tert-OH is 3. The summed E-state index contributed by atoms with van der Waals surface area (Å²) in [4.78, 5) is 80.3. The maximum absolute atomic E-state index is 15.1. The quantitative estimate of drug-likeness (QED) is 0.0271. The monoisotopic (exact) mass is 1660 g/mol. The molecule has 0 aromatic heterocycles. The summed E-state index contributed by atoms with van der Waals surface area (Å²) in [6, 6.07) is 9.05. The molecule has 12 aliphatic rings. The lowest BCUT2D eigenvalue weighted by molar-refractivity contribution is -0.205. The zero-order chi connectivity index (χ0) is 84.6. The number of ether oxygens (including phenoxy) is 3. The van der Waals surface area contributed by atoms with Crippen LogP contribution in [0.25, 0.3) is 0 Å². The molecule has 0 spiro atoms. The minimum absolute atomic E-state index is 0.0503. The van der Waals surface area contributed by atoms with E-state index in [-0.39, 0.29) is 146 Å². The Bertz CT molecular complexity index is 4330. The molecular weight excluding hydrogens is 1550 g/mol. The van der Waals surface area contributed by atoms with Gasteiger partial charge in [-0.1, -0.05) is 120 Å². The van der Waals surface area contributed by atoms with E-state index in [1.54, 1.807) is 30.4 Å². The predicted octanol–water partition coefficient (Wildman–Crippen LogP) is 10.2. The van der Waals surface area contributed by atoms with E-state index in [1.807, 2.05) is 48.5 Å². The average molecular weight is 1670 g/mol. The highest BCUT2D eigenvalue weighted by Crippen LogP contribution is 2.72. The van der Waals surface area contributed by atoms with Gasteiger partial charge in [0.15, 0.2) is 0 Å². The Morgan fingerprint density at radius 1 is 0.483 bits per heavy atom. The van der Waals surface area contributed by atoms with Crippen LogP contribution in [-0.4, -0.2) is 149 Å². The highest BCUT2D eigenvalue weighted by atomic mass is 32.2. The van der Waals surface area contributed by atoms with Gasteiger partial charge < -0.3 is 58.6 Å². The minimum atomic E-state index is -2.07. The van der Waals surface area contributed by atoms with Crippen molar-refractivity contribution in [1.82, 2.24) is 0 Å². The van der Waals surface area contributed by atoms with Crippen molar-refractivity contribution in [2.75, 3.05) is 17.3 Å². The number of ketones is 3. The fourth-order valence-corrected chi connectivity index (χ4v) is 27.5. The normalized spacial score (nSPS) is 40.3. The second-order valence-electron chi connectivity index (χ2n) is 37.8. The van der Waals surface area contributed by atoms with Crippen molar-refractivity contribution in [3.8, 4) is 0 Å². The van der Waals surface area contributed by atoms with E-state index >= 15 is 13.2 Å². The molecule has 0 radical (unpaired) electrons. The smallest absolute Gasteiger partial charge is 0.461 e. The van der Waals surface area contributed by atoms with Gasteiger partial charge in [-0.05, 0) is 164 Å². The van der Waals surface area contributed by atoms with Crippen molar-refractivity contribution < 1.29 is 109 Å². The van der Waals surface area contributed by atoms with E-state index in [4.69, 9.17) is 28.2 Å². The number of esters is 3. The maximum atomic E-state index is 15.1. The standard InChI is InChI=1S/2C29H38BFO7S.C29H38BFO6S/c2*1-6-27(4)13-21(28(5)16(2)9-11-29(17(3)26(27)34)12-10-19(32)25(28)29)38-22(33)15-39(36)20-8-7-18-14-37-30(35)23(18)24(20)31;1-6-27(4)13-21(37-22(33)15-38-20-8-7-18-14-36-30(35)23(18)24(20)31)28(5)16(2)9-11-29(17(3)26(27)34)12-10-19(32)25(28)29/h2*6-8,16-17,21,25-26,34-35H,1,9-15H2,2-5H3;6-8,16-17,21,25-26,34-35H,1,9-15H2,2-5H3/t16-,17+,21-,25+,26+,27-,28+,29+,39+;16-,17+,21-,25+,26+,27-,28+,29+,39-;16-,17+,21-,25+,26+,27-,28+,29+/m111/s1. The molecular formula is C87H114B3F3O20S3. The van der Waals surface area contributed by atoms with Crippen molar-refractivity contribution in [2.45, 2.75) is 251 Å². The number of carbonyl (C=O) groups excluding carboxylic acids is 6. The van der Waals surface area contributed by atoms with E-state index in [0.29, 0.717) is 55.2 Å². The second-order valence-corrected chi connectivity index (χ2v) is 41.7. The molecule has 0 saturated heterocycles. The van der Waals surface area contributed by atoms with Crippen LogP contribution in [0.3, 0.4) is 0 Å². The molecule has 3 aromatic carbocycles. The van der Waals surface area contributed by atoms with Crippen molar-refractivity contribution in [3.05, 3.63) is 109 Å². The molecule has 15 rings (SSSR count). The fourth-order valence-electron chi connectivity index (χ4n) is 24.8. The fraction of sp³-hybridized carbons (Fsp3) is 0.655. The summed E-state index contributed by atoms with van der Waals surface area (Å²) < 4.78 is 105. The topological polar surface area (TPSA) is 313 Å². The average Bonchev–Trinajstić information content (AvgIpc) is 1.48. The van der Waals surface area contributed by atoms with Gasteiger partial charge in [0.1, 0.15) is 64.6 Å². The van der Waals surface area contributed by atoms with Crippen LogP contribution >= 0.6 is 11.8 Å². The summed E-state index contributed by atoms with van der Waals surface area (Å²) in [5.74, 6) is -6.23. The molecule has 3 heterocycles. The first kappa shape index (κ1) is 88.4. The third kappa shape index (κ3) is 14.2. The van der Waals surface area contributed by atoms with Crippen LogP contribution in [-0.2, 0) is 98.4 Å². The third-order valence-corrected chi connectivity index (χ3v) is 36.3. The summed E-state index contributed by atoms with van der Waals surface area (Å²) in [6.07, 6.45) is 10.3. The second kappa shape index (κ2) is 32.4. The van der Waals surface area contributed by atoms with Crippen LogP contribution in [0.15, 0.2) is 89.0 Å². The highest BCUT2D eigenvalue weighted by Gasteiger charge is 2.72. The molecule has 630 valence electrons. The van der Waals surface area contributed by atoms with E-state index < -0.39 is 170 Å². The summed E-state index contributed by atoms with van der Waals surface area (Å²) >= 11 is 1.02. The van der Waals surface area contributed by atoms with Gasteiger partial charge in [0.05, 0.1) is 75.3 Å². The Balaban J connectivity index is 0.000000151. The van der Waals surface area contributed by atoms with Gasteiger partial charge in [-0.3, -0.25) is 37.2 Å². The number of rotatable bonds is 15. The molecule has 6 N–H and O–H groups in total. The first-order chi connectivity index (χ1) is 54.5. The zero-order valence-electron chi connectivity index (χ0n) is 68.8. The number of halogens is 3. The molecule has 9 saturated carbocycles. The molecule has 20 nitrogen and oxygen atoms in total. The van der Waals surface area contributed by atoms with Crippen LogP contribution in [0.2, 0.25) is 0 Å². The lowest BCUT2D eigenvalue weighted by atomic mass is 9.44. The van der Waals surface area contributed by atoms with Gasteiger partial charge in [0, 0.05) is 90.8 Å². The number of thioether (sulfide) groups is 1. The van der Waals surface area contributed by atoms with Gasteiger partial charge in [-0.25, -0.2) is 13.2 Å². The number of Topliss-reactive ketones (excluding diaryl/α,β-unsaturated/α-hetero) is 3. The molecule has 29 heteroatoms. The van der Waals surface area contributed by atoms with Crippen LogP contribution < -0.4 is 16.4 Å². The number of hydrogen-bond acceptors (Lipinski definition) is 21. The molecule has 0 unspecified atom stereocenters. The molecule has 9 fully saturated rings. The van der Waals surface area contributed by atoms with Crippen LogP contribution in [0.1, 0.15) is 196 Å². The van der Waals surface area contributed by atoms with E-state index in [9.17, 15) is 67.6 Å². The summed E-state index contributed by atoms with van der Waals surface area (Å²) in [5.41, 5.74) is -3.84. The first-order valence-corrected chi connectivity index (χ1v) is 44.9. The lowest BCUT2D eigenvalue weighted by Crippen LogP contribution is -2.63. The van der Waals surface area contributed by atoms with Gasteiger partial charge in [0.25, 0.3) is 0 Å². The Kier molecular flexibility index (Phi) is 24.7. The van der Waals surface area contributed by atoms with Crippen LogP contribution in [0.4, 0.5) is 13.2 Å². The van der Waals surface area contributed by atoms with E-state index in [0.717, 1.165) is 56.7 Å². The predicted molar refractivity (Wildman–Crippen MR) is 434 cm³/mol. The highest BCUT2D eigenvalue weighted by molar-refractivity contribution is 8.00. The lowest BCUT2D eigenvalue weighted by Gasteiger charge is -2.61. The maximum Gasteiger partial charge on any atom is 0.494 e. The summed E-state index contributed by atoms with van der Waals surface area (Å²) in [5, 5.41) is 64.7. The third-order valence-electron chi connectivity index (χ3n) is 32.7. The van der Waals surface area contributed by atoms with E-state index in [1.165, 1.54) is 24.3 Å². The first-order valence-electron chi connectivity index (χ1n) is 41.3. The molecule has 116 heavy (non-hydrogen) atoms. The number of benzene rings is 3. The van der Waals surface area contributed by atoms with Gasteiger partial charge in [-0.2, -0.15) is 0 Å². The van der Waals surface area contributed by atoms with Gasteiger partial charge >= 0.3 is 39.3 Å². The Hall–Kier alpha value is -5.43. The van der Waals surface area contributed by atoms with Crippen LogP contribution in [0, 0.1) is 119 Å². The van der Waals surface area contributed by atoms with Crippen molar-refractivity contribution >= 4 is 106 Å². The van der Waals surface area contributed by atoms with Gasteiger partial charge in [0.2, 0.25) is 0 Å². The molecule has 6 bridgehead atoms. The minimum Gasteiger partial charge on any atom is -0.461 e. The van der Waals surface area contributed by atoms with Crippen molar-refractivity contribution in [2.24, 2.45) is 102 Å².